The second-order valence-electron chi connectivity index (χ2n) is 6.30. The Hall–Kier alpha value is -1.10. The number of benzene rings is 1. The van der Waals surface area contributed by atoms with Crippen LogP contribution in [0.1, 0.15) is 39.3 Å². The van der Waals surface area contributed by atoms with Gasteiger partial charge in [0.25, 0.3) is 0 Å². The zero-order valence-corrected chi connectivity index (χ0v) is 13.6. The van der Waals surface area contributed by atoms with Crippen molar-refractivity contribution in [3.63, 3.8) is 0 Å². The molecule has 1 heterocycles. The Morgan fingerprint density at radius 3 is 2.81 bits per heavy atom. The van der Waals surface area contributed by atoms with Crippen molar-refractivity contribution < 1.29 is 4.74 Å². The minimum absolute atomic E-state index is 0.321. The molecule has 4 nitrogen and oxygen atoms in total. The van der Waals surface area contributed by atoms with E-state index in [1.165, 1.54) is 5.56 Å². The van der Waals surface area contributed by atoms with Crippen LogP contribution in [-0.2, 0) is 0 Å². The largest absolute Gasteiger partial charge is 0.493 e. The maximum absolute atomic E-state index is 5.85. The first-order valence-electron chi connectivity index (χ1n) is 8.06. The van der Waals surface area contributed by atoms with Crippen LogP contribution >= 0.6 is 0 Å². The van der Waals surface area contributed by atoms with Gasteiger partial charge >= 0.3 is 0 Å². The van der Waals surface area contributed by atoms with Crippen molar-refractivity contribution in [3.05, 3.63) is 29.8 Å². The molecule has 0 bridgehead atoms. The van der Waals surface area contributed by atoms with Gasteiger partial charge in [-0.05, 0) is 37.1 Å². The number of rotatable bonds is 7. The maximum atomic E-state index is 5.85. The van der Waals surface area contributed by atoms with Crippen LogP contribution in [0.15, 0.2) is 24.3 Å². The summed E-state index contributed by atoms with van der Waals surface area (Å²) in [5.74, 6) is 2.04. The van der Waals surface area contributed by atoms with Crippen LogP contribution in [0.4, 0.5) is 0 Å². The fraction of sp³-hybridized carbons (Fsp3) is 0.647. The zero-order chi connectivity index (χ0) is 15.2. The van der Waals surface area contributed by atoms with Gasteiger partial charge in [0.1, 0.15) is 5.75 Å². The maximum Gasteiger partial charge on any atom is 0.119 e. The molecule has 1 saturated heterocycles. The van der Waals surface area contributed by atoms with Crippen LogP contribution in [0, 0.1) is 11.8 Å². The van der Waals surface area contributed by atoms with E-state index >= 15 is 0 Å². The number of hydrogen-bond donors (Lipinski definition) is 3. The Morgan fingerprint density at radius 2 is 2.10 bits per heavy atom. The molecule has 3 N–H and O–H groups in total. The first kappa shape index (κ1) is 16.3. The summed E-state index contributed by atoms with van der Waals surface area (Å²) < 4.78 is 5.85. The smallest absolute Gasteiger partial charge is 0.119 e. The third-order valence-electron chi connectivity index (χ3n) is 3.97. The van der Waals surface area contributed by atoms with Crippen molar-refractivity contribution in [1.82, 2.24) is 16.2 Å². The first-order chi connectivity index (χ1) is 10.1. The van der Waals surface area contributed by atoms with Gasteiger partial charge in [-0.2, -0.15) is 0 Å². The highest BCUT2D eigenvalue weighted by molar-refractivity contribution is 5.31. The third-order valence-corrected chi connectivity index (χ3v) is 3.97. The van der Waals surface area contributed by atoms with Gasteiger partial charge in [-0.25, -0.2) is 5.43 Å². The summed E-state index contributed by atoms with van der Waals surface area (Å²) in [7, 11) is 0. The molecule has 1 aliphatic heterocycles. The van der Waals surface area contributed by atoms with Crippen molar-refractivity contribution in [2.24, 2.45) is 11.8 Å². The van der Waals surface area contributed by atoms with E-state index in [4.69, 9.17) is 4.74 Å². The van der Waals surface area contributed by atoms with Gasteiger partial charge < -0.3 is 10.1 Å². The van der Waals surface area contributed by atoms with E-state index in [9.17, 15) is 0 Å². The van der Waals surface area contributed by atoms with Crippen LogP contribution in [0.3, 0.4) is 0 Å². The molecule has 2 rings (SSSR count). The van der Waals surface area contributed by atoms with E-state index in [1.807, 2.05) is 6.07 Å². The van der Waals surface area contributed by atoms with Gasteiger partial charge in [-0.1, -0.05) is 32.9 Å². The lowest BCUT2D eigenvalue weighted by atomic mass is 9.90. The van der Waals surface area contributed by atoms with E-state index in [0.29, 0.717) is 23.9 Å². The Bertz CT molecular complexity index is 436. The van der Waals surface area contributed by atoms with Crippen molar-refractivity contribution in [1.29, 1.82) is 0 Å². The van der Waals surface area contributed by atoms with Crippen molar-refractivity contribution in [2.75, 3.05) is 19.7 Å². The third kappa shape index (κ3) is 4.43. The van der Waals surface area contributed by atoms with E-state index in [-0.39, 0.29) is 0 Å². The summed E-state index contributed by atoms with van der Waals surface area (Å²) >= 11 is 0. The van der Waals surface area contributed by atoms with Crippen LogP contribution in [-0.4, -0.2) is 25.7 Å². The Labute approximate surface area is 128 Å². The summed E-state index contributed by atoms with van der Waals surface area (Å²) in [5.41, 5.74) is 8.08. The lowest BCUT2D eigenvalue weighted by Crippen LogP contribution is -2.32. The van der Waals surface area contributed by atoms with E-state index in [1.54, 1.807) is 0 Å². The van der Waals surface area contributed by atoms with E-state index < -0.39 is 0 Å². The lowest BCUT2D eigenvalue weighted by molar-refractivity contribution is 0.270. The number of hydrogen-bond acceptors (Lipinski definition) is 4. The van der Waals surface area contributed by atoms with Gasteiger partial charge in [-0.3, -0.25) is 5.43 Å². The molecule has 0 amide bonds. The molecule has 1 aliphatic rings. The lowest BCUT2D eigenvalue weighted by Gasteiger charge is -2.22. The predicted octanol–water partition coefficient (Wildman–Crippen LogP) is 2.48. The summed E-state index contributed by atoms with van der Waals surface area (Å²) in [6.45, 7) is 11.5. The summed E-state index contributed by atoms with van der Waals surface area (Å²) in [6.07, 6.45) is 0. The molecule has 21 heavy (non-hydrogen) atoms. The normalized spacial score (nSPS) is 25.5. The molecule has 3 atom stereocenters. The molecule has 118 valence electrons. The highest BCUT2D eigenvalue weighted by atomic mass is 16.5. The molecular formula is C17H29N3O. The second-order valence-corrected chi connectivity index (χ2v) is 6.30. The summed E-state index contributed by atoms with van der Waals surface area (Å²) in [6, 6.07) is 9.24. The molecule has 0 spiro atoms. The highest BCUT2D eigenvalue weighted by Crippen LogP contribution is 2.30. The van der Waals surface area contributed by atoms with Gasteiger partial charge in [0.2, 0.25) is 0 Å². The van der Waals surface area contributed by atoms with Gasteiger partial charge in [-0.15, -0.1) is 0 Å². The van der Waals surface area contributed by atoms with Crippen LogP contribution in [0.25, 0.3) is 0 Å². The summed E-state index contributed by atoms with van der Waals surface area (Å²) in [4.78, 5) is 0. The van der Waals surface area contributed by atoms with Crippen molar-refractivity contribution in [3.8, 4) is 5.75 Å². The van der Waals surface area contributed by atoms with E-state index in [2.05, 4.69) is 62.1 Å². The molecule has 0 radical (unpaired) electrons. The zero-order valence-electron chi connectivity index (χ0n) is 13.6. The Kier molecular flexibility index (Phi) is 6.03. The van der Waals surface area contributed by atoms with Crippen LogP contribution in [0.5, 0.6) is 5.75 Å². The quantitative estimate of drug-likeness (QED) is 0.722. The molecule has 0 aliphatic carbocycles. The molecule has 4 heteroatoms. The van der Waals surface area contributed by atoms with Gasteiger partial charge in [0.05, 0.1) is 12.6 Å². The monoisotopic (exact) mass is 291 g/mol. The molecule has 1 aromatic carbocycles. The standard InChI is InChI=1S/C17H29N3O/c1-5-18-10-16-13(4)19-20-17(16)14-7-6-8-15(9-14)21-11-12(2)3/h6-9,12-13,16-20H,5,10-11H2,1-4H3. The molecule has 1 fully saturated rings. The second kappa shape index (κ2) is 7.78. The average Bonchev–Trinajstić information content (AvgIpc) is 2.84. The number of ether oxygens (including phenoxy) is 1. The molecule has 0 saturated carbocycles. The Morgan fingerprint density at radius 1 is 1.29 bits per heavy atom. The first-order valence-corrected chi connectivity index (χ1v) is 8.06. The number of nitrogens with one attached hydrogen (secondary N) is 3. The fourth-order valence-corrected chi connectivity index (χ4v) is 2.72. The van der Waals surface area contributed by atoms with E-state index in [0.717, 1.165) is 25.4 Å². The highest BCUT2D eigenvalue weighted by Gasteiger charge is 2.33. The Balaban J connectivity index is 2.07. The van der Waals surface area contributed by atoms with Crippen molar-refractivity contribution in [2.45, 2.75) is 39.8 Å². The van der Waals surface area contributed by atoms with Gasteiger partial charge in [0, 0.05) is 18.5 Å². The fourth-order valence-electron chi connectivity index (χ4n) is 2.72. The molecule has 1 aromatic rings. The molecular weight excluding hydrogens is 262 g/mol. The SMILES string of the molecule is CCNCC1C(C)NNC1c1cccc(OCC(C)C)c1. The minimum atomic E-state index is 0.321. The topological polar surface area (TPSA) is 45.3 Å². The molecule has 0 aromatic heterocycles. The van der Waals surface area contributed by atoms with Crippen LogP contribution < -0.4 is 20.9 Å². The summed E-state index contributed by atoms with van der Waals surface area (Å²) in [5, 5.41) is 3.46. The van der Waals surface area contributed by atoms with Crippen molar-refractivity contribution >= 4 is 0 Å². The predicted molar refractivity (Wildman–Crippen MR) is 87.3 cm³/mol. The van der Waals surface area contributed by atoms with Crippen LogP contribution in [0.2, 0.25) is 0 Å². The van der Waals surface area contributed by atoms with Gasteiger partial charge in [0.15, 0.2) is 0 Å². The minimum Gasteiger partial charge on any atom is -0.493 e. The number of hydrazine groups is 1. The average molecular weight is 291 g/mol. The molecule has 3 unspecified atom stereocenters.